The van der Waals surface area contributed by atoms with E-state index in [1.807, 2.05) is 0 Å². The van der Waals surface area contributed by atoms with Crippen LogP contribution in [0.4, 0.5) is 44.3 Å². The molecule has 5 nitrogen and oxygen atoms in total. The van der Waals surface area contributed by atoms with Gasteiger partial charge in [0.25, 0.3) is 0 Å². The summed E-state index contributed by atoms with van der Waals surface area (Å²) >= 11 is 0. The van der Waals surface area contributed by atoms with Crippen molar-refractivity contribution in [2.45, 2.75) is 38.3 Å². The van der Waals surface area contributed by atoms with Crippen LogP contribution in [0.3, 0.4) is 0 Å². The minimum Gasteiger partial charge on any atom is -0.496 e. The van der Waals surface area contributed by atoms with E-state index in [1.165, 1.54) is 25.3 Å². The first kappa shape index (κ1) is 31.6. The first-order valence-electron chi connectivity index (χ1n) is 11.6. The van der Waals surface area contributed by atoms with Crippen molar-refractivity contribution in [2.75, 3.05) is 14.2 Å². The molecule has 0 aromatic heterocycles. The molecule has 14 heteroatoms. The largest absolute Gasteiger partial charge is 0.496 e. The molecule has 3 aromatic rings. The summed E-state index contributed by atoms with van der Waals surface area (Å²) in [7, 11) is 2.45. The van der Waals surface area contributed by atoms with Crippen molar-refractivity contribution in [3.05, 3.63) is 88.0 Å². The van der Waals surface area contributed by atoms with Gasteiger partial charge in [0.05, 0.1) is 30.4 Å². The summed E-state index contributed by atoms with van der Waals surface area (Å²) in [6, 6.07) is 7.97. The molecule has 0 saturated carbocycles. The highest BCUT2D eigenvalue weighted by Gasteiger charge is 2.37. The highest BCUT2D eigenvalue weighted by atomic mass is 19.4. The van der Waals surface area contributed by atoms with Crippen LogP contribution in [0, 0.1) is 0 Å². The van der Waals surface area contributed by atoms with Crippen molar-refractivity contribution in [3.8, 4) is 16.9 Å². The third-order valence-electron chi connectivity index (χ3n) is 5.90. The average molecular weight is 595 g/mol. The highest BCUT2D eigenvalue weighted by molar-refractivity contribution is 5.75. The van der Waals surface area contributed by atoms with Crippen LogP contribution in [0.2, 0.25) is 0 Å². The Morgan fingerprint density at radius 2 is 1.34 bits per heavy atom. The maximum Gasteiger partial charge on any atom is 0.416 e. The van der Waals surface area contributed by atoms with Gasteiger partial charge in [-0.15, -0.1) is 0 Å². The van der Waals surface area contributed by atoms with E-state index in [0.29, 0.717) is 23.3 Å². The van der Waals surface area contributed by atoms with Crippen molar-refractivity contribution in [3.63, 3.8) is 0 Å². The molecule has 0 atom stereocenters. The SMILES string of the molecule is COc1ccc(CO)cc1-c1ccc(C(F)(F)F)cc1CN(C)C(=O)OCc1cc(C(F)(F)F)cc(C(F)(F)F)c1. The summed E-state index contributed by atoms with van der Waals surface area (Å²) in [6.07, 6.45) is -16.2. The molecule has 0 aliphatic carbocycles. The smallest absolute Gasteiger partial charge is 0.416 e. The number of methoxy groups -OCH3 is 1. The van der Waals surface area contributed by atoms with Gasteiger partial charge in [0.2, 0.25) is 0 Å². The van der Waals surface area contributed by atoms with E-state index in [-0.39, 0.29) is 29.5 Å². The number of ether oxygens (including phenoxy) is 2. The zero-order chi connectivity index (χ0) is 30.8. The van der Waals surface area contributed by atoms with Gasteiger partial charge in [-0.2, -0.15) is 39.5 Å². The van der Waals surface area contributed by atoms with E-state index in [4.69, 9.17) is 9.47 Å². The van der Waals surface area contributed by atoms with Crippen LogP contribution in [0.25, 0.3) is 11.1 Å². The van der Waals surface area contributed by atoms with E-state index in [0.717, 1.165) is 30.1 Å². The molecule has 3 aromatic carbocycles. The number of benzene rings is 3. The molecular weight excluding hydrogens is 573 g/mol. The molecule has 1 amide bonds. The van der Waals surface area contributed by atoms with Gasteiger partial charge in [0.15, 0.2) is 0 Å². The van der Waals surface area contributed by atoms with Crippen LogP contribution >= 0.6 is 0 Å². The number of rotatable bonds is 7. The zero-order valence-electron chi connectivity index (χ0n) is 21.3. The van der Waals surface area contributed by atoms with Crippen LogP contribution < -0.4 is 4.74 Å². The number of aliphatic hydroxyl groups is 1. The monoisotopic (exact) mass is 595 g/mol. The van der Waals surface area contributed by atoms with Crippen LogP contribution in [-0.4, -0.2) is 30.3 Å². The number of hydrogen-bond acceptors (Lipinski definition) is 4. The fraction of sp³-hybridized carbons (Fsp3) is 0.296. The summed E-state index contributed by atoms with van der Waals surface area (Å²) in [5.74, 6) is 0.249. The third-order valence-corrected chi connectivity index (χ3v) is 5.90. The normalized spacial score (nSPS) is 12.3. The van der Waals surface area contributed by atoms with Crippen LogP contribution in [0.15, 0.2) is 54.6 Å². The molecule has 0 aliphatic heterocycles. The molecule has 0 bridgehead atoms. The van der Waals surface area contributed by atoms with Crippen molar-refractivity contribution in [1.82, 2.24) is 4.90 Å². The van der Waals surface area contributed by atoms with Gasteiger partial charge in [-0.3, -0.25) is 0 Å². The number of nitrogens with zero attached hydrogens (tertiary/aromatic N) is 1. The lowest BCUT2D eigenvalue weighted by Crippen LogP contribution is -2.27. The lowest BCUT2D eigenvalue weighted by molar-refractivity contribution is -0.143. The summed E-state index contributed by atoms with van der Waals surface area (Å²) in [5, 5.41) is 9.50. The van der Waals surface area contributed by atoms with Gasteiger partial charge in [0, 0.05) is 19.2 Å². The predicted octanol–water partition coefficient (Wildman–Crippen LogP) is 7.68. The Hall–Kier alpha value is -3.94. The molecule has 0 radical (unpaired) electrons. The molecule has 0 unspecified atom stereocenters. The highest BCUT2D eigenvalue weighted by Crippen LogP contribution is 2.39. The second kappa shape index (κ2) is 11.9. The molecule has 0 aliphatic rings. The van der Waals surface area contributed by atoms with Crippen LogP contribution in [-0.2, 0) is 43.0 Å². The van der Waals surface area contributed by atoms with E-state index in [2.05, 4.69) is 0 Å². The lowest BCUT2D eigenvalue weighted by atomic mass is 9.95. The molecule has 0 spiro atoms. The maximum absolute atomic E-state index is 13.5. The molecule has 0 heterocycles. The zero-order valence-corrected chi connectivity index (χ0v) is 21.3. The molecule has 222 valence electrons. The van der Waals surface area contributed by atoms with Gasteiger partial charge in [0.1, 0.15) is 12.4 Å². The van der Waals surface area contributed by atoms with Crippen LogP contribution in [0.5, 0.6) is 5.75 Å². The minimum atomic E-state index is -5.11. The summed E-state index contributed by atoms with van der Waals surface area (Å²) in [4.78, 5) is 13.4. The Bertz CT molecular complexity index is 1370. The summed E-state index contributed by atoms with van der Waals surface area (Å²) in [5.41, 5.74) is -3.95. The van der Waals surface area contributed by atoms with Gasteiger partial charge >= 0.3 is 24.6 Å². The van der Waals surface area contributed by atoms with Gasteiger partial charge in [-0.05, 0) is 64.7 Å². The van der Waals surface area contributed by atoms with Crippen LogP contribution in [0.1, 0.15) is 33.4 Å². The lowest BCUT2D eigenvalue weighted by Gasteiger charge is -2.22. The number of halogens is 9. The fourth-order valence-corrected chi connectivity index (χ4v) is 3.91. The predicted molar refractivity (Wildman–Crippen MR) is 127 cm³/mol. The molecule has 41 heavy (non-hydrogen) atoms. The molecular formula is C27H22F9NO4. The van der Waals surface area contributed by atoms with Crippen molar-refractivity contribution in [1.29, 1.82) is 0 Å². The molecule has 0 saturated heterocycles. The number of alkyl halides is 9. The second-order valence-corrected chi connectivity index (χ2v) is 8.89. The van der Waals surface area contributed by atoms with Crippen molar-refractivity contribution < 1.29 is 58.9 Å². The van der Waals surface area contributed by atoms with E-state index in [1.54, 1.807) is 0 Å². The number of carbonyl (C=O) groups is 1. The van der Waals surface area contributed by atoms with Crippen molar-refractivity contribution >= 4 is 6.09 Å². The maximum atomic E-state index is 13.5. The Morgan fingerprint density at radius 3 is 1.85 bits per heavy atom. The number of aliphatic hydroxyl groups excluding tert-OH is 1. The van der Waals surface area contributed by atoms with Crippen molar-refractivity contribution in [2.24, 2.45) is 0 Å². The van der Waals surface area contributed by atoms with Gasteiger partial charge in [-0.25, -0.2) is 4.79 Å². The van der Waals surface area contributed by atoms with Gasteiger partial charge < -0.3 is 19.5 Å². The summed E-state index contributed by atoms with van der Waals surface area (Å²) in [6.45, 7) is -1.86. The topological polar surface area (TPSA) is 59.0 Å². The number of hydrogen-bond donors (Lipinski definition) is 1. The molecule has 0 fully saturated rings. The minimum absolute atomic E-state index is 0.0360. The Balaban J connectivity index is 1.92. The summed E-state index contributed by atoms with van der Waals surface area (Å²) < 4.78 is 129. The fourth-order valence-electron chi connectivity index (χ4n) is 3.91. The Kier molecular flexibility index (Phi) is 9.16. The number of carbonyl (C=O) groups excluding carboxylic acids is 1. The first-order valence-corrected chi connectivity index (χ1v) is 11.6. The molecule has 1 N–H and O–H groups in total. The van der Waals surface area contributed by atoms with E-state index < -0.39 is 60.0 Å². The first-order chi connectivity index (χ1) is 18.9. The Morgan fingerprint density at radius 1 is 0.756 bits per heavy atom. The van der Waals surface area contributed by atoms with E-state index in [9.17, 15) is 49.4 Å². The standard InChI is InChI=1S/C27H22F9NO4/c1-37(24(39)41-14-16-7-19(26(31,32)33)11-20(8-16)27(34,35)36)12-17-10-18(25(28,29)30)4-5-21(17)22-9-15(13-38)3-6-23(22)40-2/h3-11,38H,12-14H2,1-2H3. The average Bonchev–Trinajstić information content (AvgIpc) is 2.89. The Labute approximate surface area is 227 Å². The number of amides is 1. The van der Waals surface area contributed by atoms with E-state index >= 15 is 0 Å². The third kappa shape index (κ3) is 7.84. The second-order valence-electron chi connectivity index (χ2n) is 8.89. The quantitative estimate of drug-likeness (QED) is 0.285. The van der Waals surface area contributed by atoms with Gasteiger partial charge in [-0.1, -0.05) is 12.1 Å². The molecule has 3 rings (SSSR count).